The van der Waals surface area contributed by atoms with E-state index in [0.717, 1.165) is 0 Å². The molecule has 0 aliphatic carbocycles. The highest BCUT2D eigenvalue weighted by Gasteiger charge is 2.07. The first-order chi connectivity index (χ1) is 6.69. The van der Waals surface area contributed by atoms with E-state index in [2.05, 4.69) is 15.1 Å². The molecule has 0 aromatic heterocycles. The smallest absolute Gasteiger partial charge is 0.337 e. The Kier molecular flexibility index (Phi) is 4.00. The second-order valence-corrected chi connectivity index (χ2v) is 3.00. The van der Waals surface area contributed by atoms with Gasteiger partial charge in [0.15, 0.2) is 0 Å². The summed E-state index contributed by atoms with van der Waals surface area (Å²) in [5, 5.41) is 0.376. The molecule has 1 aromatic carbocycles. The quantitative estimate of drug-likeness (QED) is 0.479. The zero-order chi connectivity index (χ0) is 10.6. The number of rotatable bonds is 3. The number of hydrazine groups is 1. The normalized spacial score (nSPS) is 9.64. The van der Waals surface area contributed by atoms with Gasteiger partial charge in [-0.1, -0.05) is 11.6 Å². The van der Waals surface area contributed by atoms with Crippen molar-refractivity contribution in [3.8, 4) is 0 Å². The molecule has 0 unspecified atom stereocenters. The number of ether oxygens (including phenoxy) is 1. The maximum Gasteiger partial charge on any atom is 0.337 e. The monoisotopic (exact) mass is 234 g/mol. The molecule has 0 radical (unpaired) electrons. The molecule has 0 saturated carbocycles. The Morgan fingerprint density at radius 2 is 2.21 bits per heavy atom. The predicted octanol–water partition coefficient (Wildman–Crippen LogP) is 2.20. The van der Waals surface area contributed by atoms with Gasteiger partial charge in [-0.05, 0) is 30.0 Å². The first-order valence-corrected chi connectivity index (χ1v) is 4.44. The predicted molar refractivity (Wildman–Crippen MR) is 55.4 cm³/mol. The van der Waals surface area contributed by atoms with Crippen LogP contribution in [0.25, 0.3) is 0 Å². The topological polar surface area (TPSA) is 50.4 Å². The van der Waals surface area contributed by atoms with Gasteiger partial charge in [0.25, 0.3) is 0 Å². The van der Waals surface area contributed by atoms with Crippen LogP contribution in [0.4, 0.5) is 5.69 Å². The number of hydrogen-bond donors (Lipinski definition) is 2. The lowest BCUT2D eigenvalue weighted by Crippen LogP contribution is -2.09. The van der Waals surface area contributed by atoms with Crippen LogP contribution < -0.4 is 10.4 Å². The zero-order valence-corrected chi connectivity index (χ0v) is 8.82. The summed E-state index contributed by atoms with van der Waals surface area (Å²) in [5.74, 6) is -0.433. The maximum absolute atomic E-state index is 11.1. The average molecular weight is 235 g/mol. The highest BCUT2D eigenvalue weighted by molar-refractivity contribution is 6.33. The van der Waals surface area contributed by atoms with Gasteiger partial charge in [-0.25, -0.2) is 4.79 Å². The van der Waals surface area contributed by atoms with Gasteiger partial charge in [0.05, 0.1) is 23.4 Å². The van der Waals surface area contributed by atoms with Gasteiger partial charge in [-0.15, -0.1) is 4.94 Å². The van der Waals surface area contributed by atoms with E-state index >= 15 is 0 Å². The Morgan fingerprint density at radius 1 is 1.50 bits per heavy atom. The van der Waals surface area contributed by atoms with Crippen molar-refractivity contribution in [3.63, 3.8) is 0 Å². The highest BCUT2D eigenvalue weighted by atomic mass is 35.5. The van der Waals surface area contributed by atoms with Gasteiger partial charge in [-0.3, -0.25) is 0 Å². The Morgan fingerprint density at radius 3 is 2.71 bits per heavy atom. The molecule has 76 valence electrons. The van der Waals surface area contributed by atoms with Crippen LogP contribution in [0.3, 0.4) is 0 Å². The van der Waals surface area contributed by atoms with Crippen LogP contribution >= 0.6 is 23.4 Å². The molecule has 0 atom stereocenters. The van der Waals surface area contributed by atoms with E-state index in [1.807, 2.05) is 0 Å². The van der Waals surface area contributed by atoms with Crippen LogP contribution in [-0.4, -0.2) is 13.1 Å². The van der Waals surface area contributed by atoms with Gasteiger partial charge in [0.1, 0.15) is 0 Å². The van der Waals surface area contributed by atoms with E-state index in [0.29, 0.717) is 16.3 Å². The molecular weight excluding hydrogens is 227 g/mol. The van der Waals surface area contributed by atoms with Crippen molar-refractivity contribution in [2.75, 3.05) is 12.5 Å². The molecule has 6 heteroatoms. The minimum Gasteiger partial charge on any atom is -0.465 e. The van der Waals surface area contributed by atoms with Crippen molar-refractivity contribution in [2.45, 2.75) is 0 Å². The van der Waals surface area contributed by atoms with Crippen molar-refractivity contribution < 1.29 is 9.53 Å². The first-order valence-electron chi connectivity index (χ1n) is 3.68. The van der Waals surface area contributed by atoms with Crippen LogP contribution in [0.2, 0.25) is 5.02 Å². The molecule has 0 saturated heterocycles. The summed E-state index contributed by atoms with van der Waals surface area (Å²) >= 11 is 11.1. The minimum absolute atomic E-state index is 0.376. The van der Waals surface area contributed by atoms with Crippen molar-refractivity contribution >= 4 is 35.0 Å². The van der Waals surface area contributed by atoms with Gasteiger partial charge in [-0.2, -0.15) is 0 Å². The van der Waals surface area contributed by atoms with E-state index in [-0.39, 0.29) is 0 Å². The van der Waals surface area contributed by atoms with Crippen molar-refractivity contribution in [3.05, 3.63) is 28.8 Å². The average Bonchev–Trinajstić information content (AvgIpc) is 2.20. The van der Waals surface area contributed by atoms with Gasteiger partial charge in [0.2, 0.25) is 0 Å². The summed E-state index contributed by atoms with van der Waals surface area (Å²) in [4.78, 5) is 13.3. The Balaban J connectivity index is 2.94. The second kappa shape index (κ2) is 5.05. The van der Waals surface area contributed by atoms with E-state index in [9.17, 15) is 4.79 Å². The molecule has 0 spiro atoms. The lowest BCUT2D eigenvalue weighted by molar-refractivity contribution is 0.0601. The van der Waals surface area contributed by atoms with Gasteiger partial charge in [0, 0.05) is 0 Å². The Bertz CT molecular complexity index is 344. The molecule has 1 rings (SSSR count). The number of carbonyl (C=O) groups excluding carboxylic acids is 1. The third-order valence-electron chi connectivity index (χ3n) is 1.57. The zero-order valence-electron chi connectivity index (χ0n) is 7.30. The van der Waals surface area contributed by atoms with Crippen LogP contribution in [-0.2, 0) is 4.74 Å². The summed E-state index contributed by atoms with van der Waals surface area (Å²) in [6, 6.07) is 4.68. The lowest BCUT2D eigenvalue weighted by Gasteiger charge is -2.06. The fourth-order valence-corrected chi connectivity index (χ4v) is 1.24. The fourth-order valence-electron chi connectivity index (χ4n) is 0.912. The summed E-state index contributed by atoms with van der Waals surface area (Å²) in [5.41, 5.74) is 3.56. The van der Waals surface area contributed by atoms with Crippen LogP contribution in [0.1, 0.15) is 10.4 Å². The summed E-state index contributed by atoms with van der Waals surface area (Å²) < 4.78 is 4.53. The summed E-state index contributed by atoms with van der Waals surface area (Å²) in [7, 11) is 1.31. The van der Waals surface area contributed by atoms with Crippen LogP contribution in [0.15, 0.2) is 18.2 Å². The lowest BCUT2D eigenvalue weighted by atomic mass is 10.2. The molecule has 0 fully saturated rings. The largest absolute Gasteiger partial charge is 0.465 e. The van der Waals surface area contributed by atoms with Gasteiger partial charge >= 0.3 is 5.97 Å². The van der Waals surface area contributed by atoms with Crippen molar-refractivity contribution in [1.82, 2.24) is 4.94 Å². The van der Waals surface area contributed by atoms with Crippen LogP contribution in [0, 0.1) is 0 Å². The van der Waals surface area contributed by atoms with Crippen molar-refractivity contribution in [2.24, 2.45) is 0 Å². The van der Waals surface area contributed by atoms with Gasteiger partial charge < -0.3 is 10.2 Å². The molecule has 0 amide bonds. The molecular formula is C8H8Cl2N2O2. The molecule has 0 aliphatic rings. The number of carbonyl (C=O) groups is 1. The molecule has 0 heterocycles. The maximum atomic E-state index is 11.1. The number of benzene rings is 1. The fraction of sp³-hybridized carbons (Fsp3) is 0.125. The standard InChI is InChI=1S/C8H8Cl2N2O2/c1-14-8(13)5-2-3-7(11-12-10)6(9)4-5/h2-4,11-12H,1H3. The molecule has 1 aromatic rings. The second-order valence-electron chi connectivity index (χ2n) is 2.41. The third-order valence-corrected chi connectivity index (χ3v) is 1.98. The Hall–Kier alpha value is -0.970. The number of nitrogens with one attached hydrogen (secondary N) is 2. The molecule has 2 N–H and O–H groups in total. The van der Waals surface area contributed by atoms with E-state index < -0.39 is 5.97 Å². The van der Waals surface area contributed by atoms with E-state index in [1.54, 1.807) is 12.1 Å². The number of halogens is 2. The SMILES string of the molecule is COC(=O)c1ccc(NNCl)c(Cl)c1. The molecule has 4 nitrogen and oxygen atoms in total. The number of methoxy groups -OCH3 is 1. The first kappa shape index (κ1) is 11.1. The van der Waals surface area contributed by atoms with Crippen molar-refractivity contribution in [1.29, 1.82) is 0 Å². The Labute approximate surface area is 91.2 Å². The summed E-state index contributed by atoms with van der Waals surface area (Å²) in [6.07, 6.45) is 0. The molecule has 0 bridgehead atoms. The summed E-state index contributed by atoms with van der Waals surface area (Å²) in [6.45, 7) is 0. The minimum atomic E-state index is -0.433. The number of hydrogen-bond acceptors (Lipinski definition) is 4. The molecule has 14 heavy (non-hydrogen) atoms. The van der Waals surface area contributed by atoms with E-state index in [4.69, 9.17) is 23.4 Å². The number of esters is 1. The highest BCUT2D eigenvalue weighted by Crippen LogP contribution is 2.22. The van der Waals surface area contributed by atoms with Crippen LogP contribution in [0.5, 0.6) is 0 Å². The number of anilines is 1. The molecule has 0 aliphatic heterocycles. The van der Waals surface area contributed by atoms with E-state index in [1.165, 1.54) is 13.2 Å². The third kappa shape index (κ3) is 2.51.